The van der Waals surface area contributed by atoms with Crippen LogP contribution in [-0.4, -0.2) is 39.0 Å². The van der Waals surface area contributed by atoms with Crippen LogP contribution in [-0.2, 0) is 9.47 Å². The van der Waals surface area contributed by atoms with Crippen molar-refractivity contribution in [2.45, 2.75) is 45.8 Å². The Morgan fingerprint density at radius 2 is 1.94 bits per heavy atom. The quantitative estimate of drug-likeness (QED) is 0.707. The highest BCUT2D eigenvalue weighted by atomic mass is 16.5. The van der Waals surface area contributed by atoms with Crippen LogP contribution < -0.4 is 5.32 Å². The summed E-state index contributed by atoms with van der Waals surface area (Å²) in [7, 11) is 1.72. The standard InChI is InChI=1S/C13H27NO2/c1-5-14-12-9-10(2)8-11(3)13(12)16-7-6-15-4/h10-14H,5-9H2,1-4H3. The van der Waals surface area contributed by atoms with Crippen molar-refractivity contribution >= 4 is 0 Å². The molecule has 1 aliphatic rings. The summed E-state index contributed by atoms with van der Waals surface area (Å²) in [5.41, 5.74) is 0. The summed E-state index contributed by atoms with van der Waals surface area (Å²) in [5.74, 6) is 1.45. The third kappa shape index (κ3) is 4.04. The Morgan fingerprint density at radius 3 is 2.56 bits per heavy atom. The number of likely N-dealkylation sites (N-methyl/N-ethyl adjacent to an activating group) is 1. The molecule has 3 nitrogen and oxygen atoms in total. The fourth-order valence-corrected chi connectivity index (χ4v) is 2.84. The normalized spacial score (nSPS) is 35.2. The predicted octanol–water partition coefficient (Wildman–Crippen LogP) is 2.06. The monoisotopic (exact) mass is 229 g/mol. The zero-order valence-electron chi connectivity index (χ0n) is 11.2. The number of ether oxygens (including phenoxy) is 2. The summed E-state index contributed by atoms with van der Waals surface area (Å²) < 4.78 is 11.0. The minimum absolute atomic E-state index is 0.353. The molecule has 1 fully saturated rings. The zero-order valence-corrected chi connectivity index (χ0v) is 11.2. The molecule has 0 spiro atoms. The summed E-state index contributed by atoms with van der Waals surface area (Å²) in [6.45, 7) is 9.23. The van der Waals surface area contributed by atoms with Gasteiger partial charge in [0, 0.05) is 13.2 Å². The first-order valence-corrected chi connectivity index (χ1v) is 6.52. The largest absolute Gasteiger partial charge is 0.382 e. The lowest BCUT2D eigenvalue weighted by molar-refractivity contribution is -0.0526. The van der Waals surface area contributed by atoms with Crippen molar-refractivity contribution in [1.29, 1.82) is 0 Å². The van der Waals surface area contributed by atoms with E-state index < -0.39 is 0 Å². The molecule has 0 bridgehead atoms. The third-order valence-corrected chi connectivity index (χ3v) is 3.45. The van der Waals surface area contributed by atoms with Crippen LogP contribution >= 0.6 is 0 Å². The first kappa shape index (κ1) is 13.9. The van der Waals surface area contributed by atoms with Gasteiger partial charge in [-0.25, -0.2) is 0 Å². The van der Waals surface area contributed by atoms with E-state index in [1.807, 2.05) is 0 Å². The zero-order chi connectivity index (χ0) is 12.0. The van der Waals surface area contributed by atoms with E-state index in [4.69, 9.17) is 9.47 Å². The van der Waals surface area contributed by atoms with Crippen molar-refractivity contribution in [2.75, 3.05) is 26.9 Å². The van der Waals surface area contributed by atoms with Crippen LogP contribution in [0.1, 0.15) is 33.6 Å². The van der Waals surface area contributed by atoms with Gasteiger partial charge in [-0.15, -0.1) is 0 Å². The van der Waals surface area contributed by atoms with E-state index in [0.717, 1.165) is 12.5 Å². The highest BCUT2D eigenvalue weighted by Gasteiger charge is 2.33. The smallest absolute Gasteiger partial charge is 0.0754 e. The second-order valence-corrected chi connectivity index (χ2v) is 5.05. The summed E-state index contributed by atoms with van der Waals surface area (Å²) in [6.07, 6.45) is 2.86. The van der Waals surface area contributed by atoms with Gasteiger partial charge in [-0.3, -0.25) is 0 Å². The van der Waals surface area contributed by atoms with Gasteiger partial charge in [0.2, 0.25) is 0 Å². The number of hydrogen-bond acceptors (Lipinski definition) is 3. The average Bonchev–Trinajstić information content (AvgIpc) is 2.22. The molecule has 1 rings (SSSR count). The summed E-state index contributed by atoms with van der Waals surface area (Å²) in [6, 6.07) is 0.514. The molecular weight excluding hydrogens is 202 g/mol. The molecule has 0 amide bonds. The van der Waals surface area contributed by atoms with Crippen molar-refractivity contribution in [2.24, 2.45) is 11.8 Å². The summed E-state index contributed by atoms with van der Waals surface area (Å²) in [5, 5.41) is 3.56. The van der Waals surface area contributed by atoms with Gasteiger partial charge < -0.3 is 14.8 Å². The number of methoxy groups -OCH3 is 1. The molecule has 16 heavy (non-hydrogen) atoms. The molecule has 96 valence electrons. The Labute approximate surface area is 99.9 Å². The maximum Gasteiger partial charge on any atom is 0.0754 e. The molecule has 0 saturated heterocycles. The molecule has 1 N–H and O–H groups in total. The van der Waals surface area contributed by atoms with Gasteiger partial charge in [-0.2, -0.15) is 0 Å². The van der Waals surface area contributed by atoms with E-state index in [1.165, 1.54) is 12.8 Å². The molecular formula is C13H27NO2. The molecule has 4 unspecified atom stereocenters. The average molecular weight is 229 g/mol. The SMILES string of the molecule is CCNC1CC(C)CC(C)C1OCCOC. The van der Waals surface area contributed by atoms with Crippen molar-refractivity contribution in [3.8, 4) is 0 Å². The Hall–Kier alpha value is -0.120. The van der Waals surface area contributed by atoms with E-state index in [-0.39, 0.29) is 0 Å². The second-order valence-electron chi connectivity index (χ2n) is 5.05. The van der Waals surface area contributed by atoms with Crippen LogP contribution in [0.25, 0.3) is 0 Å². The van der Waals surface area contributed by atoms with Crippen LogP contribution in [0.2, 0.25) is 0 Å². The van der Waals surface area contributed by atoms with Gasteiger partial charge >= 0.3 is 0 Å². The minimum atomic E-state index is 0.353. The Kier molecular flexibility index (Phi) is 6.32. The fourth-order valence-electron chi connectivity index (χ4n) is 2.84. The fraction of sp³-hybridized carbons (Fsp3) is 1.00. The molecule has 1 saturated carbocycles. The van der Waals surface area contributed by atoms with Gasteiger partial charge in [-0.05, 0) is 31.2 Å². The molecule has 0 heterocycles. The lowest BCUT2D eigenvalue weighted by atomic mass is 9.78. The number of hydrogen-bond donors (Lipinski definition) is 1. The van der Waals surface area contributed by atoms with Crippen molar-refractivity contribution in [3.05, 3.63) is 0 Å². The second kappa shape index (κ2) is 7.25. The van der Waals surface area contributed by atoms with Crippen LogP contribution in [0.3, 0.4) is 0 Å². The topological polar surface area (TPSA) is 30.5 Å². The predicted molar refractivity (Wildman–Crippen MR) is 66.6 cm³/mol. The Morgan fingerprint density at radius 1 is 1.19 bits per heavy atom. The highest BCUT2D eigenvalue weighted by molar-refractivity contribution is 4.88. The van der Waals surface area contributed by atoms with Gasteiger partial charge in [0.1, 0.15) is 0 Å². The number of rotatable bonds is 6. The molecule has 0 radical (unpaired) electrons. The minimum Gasteiger partial charge on any atom is -0.382 e. The van der Waals surface area contributed by atoms with Crippen molar-refractivity contribution in [3.63, 3.8) is 0 Å². The van der Waals surface area contributed by atoms with Crippen LogP contribution in [0.5, 0.6) is 0 Å². The highest BCUT2D eigenvalue weighted by Crippen LogP contribution is 2.31. The van der Waals surface area contributed by atoms with Crippen LogP contribution in [0.4, 0.5) is 0 Å². The van der Waals surface area contributed by atoms with Gasteiger partial charge in [0.05, 0.1) is 19.3 Å². The van der Waals surface area contributed by atoms with E-state index in [2.05, 4.69) is 26.1 Å². The molecule has 1 aliphatic carbocycles. The first-order valence-electron chi connectivity index (χ1n) is 6.52. The van der Waals surface area contributed by atoms with Gasteiger partial charge in [0.15, 0.2) is 0 Å². The van der Waals surface area contributed by atoms with E-state index >= 15 is 0 Å². The lowest BCUT2D eigenvalue weighted by Crippen LogP contribution is -2.49. The van der Waals surface area contributed by atoms with Crippen LogP contribution in [0, 0.1) is 11.8 Å². The lowest BCUT2D eigenvalue weighted by Gasteiger charge is -2.39. The van der Waals surface area contributed by atoms with Crippen molar-refractivity contribution < 1.29 is 9.47 Å². The van der Waals surface area contributed by atoms with Gasteiger partial charge in [-0.1, -0.05) is 20.8 Å². The molecule has 3 heteroatoms. The summed E-state index contributed by atoms with van der Waals surface area (Å²) >= 11 is 0. The molecule has 0 aromatic carbocycles. The maximum absolute atomic E-state index is 5.96. The summed E-state index contributed by atoms with van der Waals surface area (Å²) in [4.78, 5) is 0. The molecule has 0 aliphatic heterocycles. The first-order chi connectivity index (χ1) is 7.69. The van der Waals surface area contributed by atoms with E-state index in [9.17, 15) is 0 Å². The number of nitrogens with one attached hydrogen (secondary N) is 1. The molecule has 4 atom stereocenters. The van der Waals surface area contributed by atoms with E-state index in [0.29, 0.717) is 31.3 Å². The Balaban J connectivity index is 2.46. The molecule has 0 aromatic heterocycles. The van der Waals surface area contributed by atoms with Gasteiger partial charge in [0.25, 0.3) is 0 Å². The van der Waals surface area contributed by atoms with Crippen molar-refractivity contribution in [1.82, 2.24) is 5.32 Å². The molecule has 0 aromatic rings. The van der Waals surface area contributed by atoms with E-state index in [1.54, 1.807) is 7.11 Å². The third-order valence-electron chi connectivity index (χ3n) is 3.45. The Bertz CT molecular complexity index is 187. The van der Waals surface area contributed by atoms with Crippen LogP contribution in [0.15, 0.2) is 0 Å². The maximum atomic E-state index is 5.96.